The van der Waals surface area contributed by atoms with Crippen molar-refractivity contribution in [3.63, 3.8) is 0 Å². The van der Waals surface area contributed by atoms with Gasteiger partial charge >= 0.3 is 12.1 Å². The van der Waals surface area contributed by atoms with Gasteiger partial charge in [0.2, 0.25) is 17.7 Å². The Labute approximate surface area is 459 Å². The third-order valence-corrected chi connectivity index (χ3v) is 14.1. The van der Waals surface area contributed by atoms with Crippen molar-refractivity contribution in [3.8, 4) is 11.3 Å². The van der Waals surface area contributed by atoms with Crippen LogP contribution in [0.25, 0.3) is 11.3 Å². The van der Waals surface area contributed by atoms with Crippen LogP contribution < -0.4 is 27.0 Å². The maximum atomic E-state index is 16.2. The molecule has 80 heavy (non-hydrogen) atoms. The van der Waals surface area contributed by atoms with Crippen molar-refractivity contribution in [1.82, 2.24) is 40.2 Å². The minimum Gasteiger partial charge on any atom is -0.445 e. The second-order valence-electron chi connectivity index (χ2n) is 21.8. The second-order valence-corrected chi connectivity index (χ2v) is 21.8. The van der Waals surface area contributed by atoms with Crippen LogP contribution in [0.1, 0.15) is 90.2 Å². The maximum absolute atomic E-state index is 16.2. The average molecular weight is 1120 g/mol. The fourth-order valence-corrected chi connectivity index (χ4v) is 9.89. The number of rotatable bonds is 22. The number of nitrogens with zero attached hydrogens (tertiary/aromatic N) is 5. The monoisotopic (exact) mass is 1110 g/mol. The van der Waals surface area contributed by atoms with Crippen LogP contribution in [-0.2, 0) is 46.7 Å². The molecule has 2 fully saturated rings. The Hall–Kier alpha value is -8.15. The van der Waals surface area contributed by atoms with Gasteiger partial charge < -0.3 is 51.2 Å². The number of aromatic nitrogens is 2. The van der Waals surface area contributed by atoms with Crippen LogP contribution in [0.2, 0.25) is 0 Å². The highest BCUT2D eigenvalue weighted by Gasteiger charge is 2.60. The molecule has 7 N–H and O–H groups in total. The molecule has 3 aliphatic rings. The number of aliphatic hydroxyl groups is 1. The first-order chi connectivity index (χ1) is 37.8. The van der Waals surface area contributed by atoms with Crippen LogP contribution in [0.3, 0.4) is 0 Å². The number of nitrogens with one attached hydrogen (secondary N) is 4. The number of anilines is 1. The molecule has 1 saturated heterocycles. The maximum Gasteiger partial charge on any atom is 0.410 e. The number of nitrogens with two attached hydrogens (primary N) is 1. The Bertz CT molecular complexity index is 3010. The standard InChI is InChI=1S/C56H66F4N10O10/c1-31(2)46(66-52(77)56(20-21-56)70-44(72)18-19-45(70)73)50(75)65-42(11-8-22-62-53(61)78)49(74)63-38-15-12-33(13-16-38)30-80-54(79)68-26-35(41(60)28-68)27-69(51(76)32(3)71)47(55(4,5)6)48-64-43(39-24-37(58)14-17-40(39)59)29-67(48)25-34-9-7-10-36(57)23-34/h7,9-10,12-19,23-24,29,31-32,35,41-42,46-47,71H,8,11,20-22,25-28,30H2,1-6H3,(H,63,74)(H,65,75)(H,66,77)(H3,61,62,78)/t32-,35-,41-,42-,46-,47-/m0/s1. The highest BCUT2D eigenvalue weighted by Crippen LogP contribution is 2.44. The first-order valence-corrected chi connectivity index (χ1v) is 26.2. The number of imidazole rings is 1. The van der Waals surface area contributed by atoms with Gasteiger partial charge in [-0.1, -0.05) is 58.9 Å². The molecule has 0 radical (unpaired) electrons. The normalized spacial score (nSPS) is 18.1. The van der Waals surface area contributed by atoms with Gasteiger partial charge in [0.1, 0.15) is 59.8 Å². The number of hydrogen-bond acceptors (Lipinski definition) is 11. The lowest BCUT2D eigenvalue weighted by molar-refractivity contribution is -0.147. The molecule has 7 rings (SSSR count). The van der Waals surface area contributed by atoms with E-state index in [0.29, 0.717) is 11.1 Å². The van der Waals surface area contributed by atoms with E-state index < -0.39 is 125 Å². The number of ether oxygens (including phenoxy) is 1. The minimum absolute atomic E-state index is 0.00324. The number of hydrogen-bond donors (Lipinski definition) is 6. The number of aliphatic hydroxyl groups excluding tert-OH is 1. The Kier molecular flexibility index (Phi) is 18.5. The highest BCUT2D eigenvalue weighted by molar-refractivity contribution is 6.17. The van der Waals surface area contributed by atoms with Crippen LogP contribution in [0, 0.1) is 34.7 Å². The van der Waals surface area contributed by atoms with E-state index in [4.69, 9.17) is 15.5 Å². The predicted octanol–water partition coefficient (Wildman–Crippen LogP) is 5.39. The fourth-order valence-electron chi connectivity index (χ4n) is 9.89. The first-order valence-electron chi connectivity index (χ1n) is 26.2. The second kappa shape index (κ2) is 24.9. The molecule has 1 saturated carbocycles. The number of amides is 9. The first kappa shape index (κ1) is 59.5. The molecule has 0 spiro atoms. The van der Waals surface area contributed by atoms with Crippen LogP contribution in [0.4, 0.5) is 32.8 Å². The summed E-state index contributed by atoms with van der Waals surface area (Å²) in [5.41, 5.74) is 3.90. The van der Waals surface area contributed by atoms with Gasteiger partial charge in [-0.25, -0.2) is 32.1 Å². The van der Waals surface area contributed by atoms with E-state index in [1.807, 2.05) is 0 Å². The number of carbonyl (C=O) groups excluding carboxylic acids is 8. The number of urea groups is 1. The number of primary amides is 1. The topological polar surface area (TPSA) is 268 Å². The molecule has 20 nitrogen and oxygen atoms in total. The summed E-state index contributed by atoms with van der Waals surface area (Å²) in [7, 11) is 0. The molecule has 1 aromatic heterocycles. The van der Waals surface area contributed by atoms with Gasteiger partial charge in [-0.2, -0.15) is 0 Å². The Morgan fingerprint density at radius 3 is 2.17 bits per heavy atom. The summed E-state index contributed by atoms with van der Waals surface area (Å²) in [6, 6.07) is 10.5. The third-order valence-electron chi connectivity index (χ3n) is 14.1. The quantitative estimate of drug-likeness (QED) is 0.0330. The summed E-state index contributed by atoms with van der Waals surface area (Å²) < 4.78 is 67.6. The Morgan fingerprint density at radius 2 is 1.56 bits per heavy atom. The van der Waals surface area contributed by atoms with Crippen molar-refractivity contribution in [2.75, 3.05) is 31.5 Å². The fraction of sp³-hybridized carbons (Fsp3) is 0.446. The smallest absolute Gasteiger partial charge is 0.410 e. The van der Waals surface area contributed by atoms with Crippen LogP contribution in [0.5, 0.6) is 0 Å². The summed E-state index contributed by atoms with van der Waals surface area (Å²) in [4.78, 5) is 113. The van der Waals surface area contributed by atoms with E-state index in [1.54, 1.807) is 57.4 Å². The van der Waals surface area contributed by atoms with E-state index in [9.17, 15) is 52.2 Å². The summed E-state index contributed by atoms with van der Waals surface area (Å²) in [6.45, 7) is 8.77. The van der Waals surface area contributed by atoms with E-state index in [2.05, 4.69) is 21.3 Å². The van der Waals surface area contributed by atoms with E-state index in [-0.39, 0.29) is 81.2 Å². The number of likely N-dealkylation sites (tertiary alicyclic amines) is 1. The van der Waals surface area contributed by atoms with Gasteiger partial charge in [0.25, 0.3) is 17.7 Å². The van der Waals surface area contributed by atoms with Crippen molar-refractivity contribution in [1.29, 1.82) is 0 Å². The molecule has 3 aromatic carbocycles. The van der Waals surface area contributed by atoms with E-state index in [1.165, 1.54) is 48.4 Å². The van der Waals surface area contributed by atoms with Crippen molar-refractivity contribution < 1.29 is 65.8 Å². The third kappa shape index (κ3) is 14.2. The SMILES string of the molecule is CC(C)[C@H](NC(=O)C1(N2C(=O)C=CC2=O)CC1)C(=O)N[C@@H](CCCNC(N)=O)C(=O)Nc1ccc(COC(=O)N2C[C@@H](CN(C(=O)[C@H](C)O)[C@@H](c3nc(-c4cc(F)ccc4F)cn3Cc3cccc(F)c3)C(C)(C)C)[C@@H](F)C2)cc1. The molecule has 0 unspecified atom stereocenters. The minimum atomic E-state index is -1.67. The lowest BCUT2D eigenvalue weighted by atomic mass is 9.84. The number of imide groups is 1. The number of carbonyl (C=O) groups is 8. The van der Waals surface area contributed by atoms with Crippen LogP contribution >= 0.6 is 0 Å². The zero-order valence-corrected chi connectivity index (χ0v) is 45.1. The molecular weight excluding hydrogens is 1050 g/mol. The summed E-state index contributed by atoms with van der Waals surface area (Å²) in [5, 5.41) is 21.3. The average Bonchev–Trinajstić information content (AvgIpc) is 4.06. The van der Waals surface area contributed by atoms with Crippen molar-refractivity contribution in [3.05, 3.63) is 119 Å². The van der Waals surface area contributed by atoms with E-state index >= 15 is 8.78 Å². The molecule has 1 aliphatic carbocycles. The van der Waals surface area contributed by atoms with Crippen molar-refractivity contribution >= 4 is 53.3 Å². The molecule has 4 aromatic rings. The summed E-state index contributed by atoms with van der Waals surface area (Å²) in [5.74, 6) is -7.53. The predicted molar refractivity (Wildman–Crippen MR) is 282 cm³/mol. The molecule has 3 heterocycles. The van der Waals surface area contributed by atoms with Crippen LogP contribution in [0.15, 0.2) is 85.1 Å². The lowest BCUT2D eigenvalue weighted by Crippen LogP contribution is -2.59. The Morgan fingerprint density at radius 1 is 0.887 bits per heavy atom. The molecule has 6 atom stereocenters. The highest BCUT2D eigenvalue weighted by atomic mass is 19.1. The van der Waals surface area contributed by atoms with E-state index in [0.717, 1.165) is 40.2 Å². The van der Waals surface area contributed by atoms with Gasteiger partial charge in [-0.05, 0) is 97.5 Å². The number of alkyl halides is 1. The van der Waals surface area contributed by atoms with Gasteiger partial charge in [-0.3, -0.25) is 33.7 Å². The van der Waals surface area contributed by atoms with Gasteiger partial charge in [-0.15, -0.1) is 0 Å². The number of benzene rings is 3. The Balaban J connectivity index is 1.01. The zero-order valence-electron chi connectivity index (χ0n) is 45.1. The van der Waals surface area contributed by atoms with Crippen molar-refractivity contribution in [2.45, 2.75) is 116 Å². The molecule has 2 aliphatic heterocycles. The molecular formula is C56H66F4N10O10. The lowest BCUT2D eigenvalue weighted by Gasteiger charge is -2.41. The summed E-state index contributed by atoms with van der Waals surface area (Å²) >= 11 is 0. The van der Waals surface area contributed by atoms with Gasteiger partial charge in [0, 0.05) is 61.7 Å². The molecule has 428 valence electrons. The van der Waals surface area contributed by atoms with Gasteiger partial charge in [0.05, 0.1) is 18.3 Å². The number of halogens is 4. The zero-order chi connectivity index (χ0) is 58.4. The van der Waals surface area contributed by atoms with Crippen LogP contribution in [-0.4, -0.2) is 133 Å². The molecule has 9 amide bonds. The van der Waals surface area contributed by atoms with Crippen molar-refractivity contribution in [2.24, 2.45) is 23.0 Å². The molecule has 24 heteroatoms. The summed E-state index contributed by atoms with van der Waals surface area (Å²) in [6.07, 6.45) is 0.116. The molecule has 0 bridgehead atoms. The largest absolute Gasteiger partial charge is 0.445 e. The van der Waals surface area contributed by atoms with Gasteiger partial charge in [0.15, 0.2) is 0 Å².